The van der Waals surface area contributed by atoms with Gasteiger partial charge in [0.05, 0.1) is 22.3 Å². The number of halogens is 1. The number of hydrogen-bond acceptors (Lipinski definition) is 3. The molecule has 0 radical (unpaired) electrons. The zero-order valence-electron chi connectivity index (χ0n) is 17.6. The van der Waals surface area contributed by atoms with Gasteiger partial charge in [0.2, 0.25) is 0 Å². The molecule has 5 nitrogen and oxygen atoms in total. The van der Waals surface area contributed by atoms with Gasteiger partial charge in [-0.2, -0.15) is 5.10 Å². The van der Waals surface area contributed by atoms with E-state index in [2.05, 4.69) is 18.2 Å². The Morgan fingerprint density at radius 1 is 0.939 bits per heavy atom. The average molecular weight is 451 g/mol. The predicted molar refractivity (Wildman–Crippen MR) is 133 cm³/mol. The Labute approximate surface area is 195 Å². The van der Waals surface area contributed by atoms with E-state index >= 15 is 0 Å². The number of para-hydroxylation sites is 1. The van der Waals surface area contributed by atoms with Gasteiger partial charge in [0.25, 0.3) is 5.56 Å². The van der Waals surface area contributed by atoms with E-state index in [1.54, 1.807) is 22.8 Å². The molecule has 1 aliphatic heterocycles. The van der Waals surface area contributed by atoms with E-state index in [1.807, 2.05) is 59.4 Å². The lowest BCUT2D eigenvalue weighted by Gasteiger charge is -2.06. The highest BCUT2D eigenvalue weighted by atomic mass is 35.5. The number of benzene rings is 3. The van der Waals surface area contributed by atoms with Crippen LogP contribution in [-0.4, -0.2) is 19.3 Å². The standard InChI is InChI=1S/C27H19ClN4O/c28-21-11-12-23-24(16-21)29-26-19(13-14-31(26)27(23)33)15-20-17-32(22-9-5-2-6-10-22)30-25(20)18-7-3-1-4-8-18/h1-12,15-17H,13-14H2/b19-15+. The van der Waals surface area contributed by atoms with Crippen molar-refractivity contribution in [3.05, 3.63) is 112 Å². The summed E-state index contributed by atoms with van der Waals surface area (Å²) in [6.07, 6.45) is 4.87. The molecule has 0 aliphatic carbocycles. The number of allylic oxidation sites excluding steroid dienone is 1. The predicted octanol–water partition coefficient (Wildman–Crippen LogP) is 5.85. The van der Waals surface area contributed by atoms with E-state index in [1.165, 1.54) is 0 Å². The van der Waals surface area contributed by atoms with Gasteiger partial charge in [0.15, 0.2) is 0 Å². The van der Waals surface area contributed by atoms with Crippen LogP contribution < -0.4 is 5.56 Å². The van der Waals surface area contributed by atoms with Gasteiger partial charge in [-0.3, -0.25) is 9.36 Å². The van der Waals surface area contributed by atoms with Gasteiger partial charge < -0.3 is 0 Å². The van der Waals surface area contributed by atoms with E-state index in [0.717, 1.165) is 34.5 Å². The zero-order valence-corrected chi connectivity index (χ0v) is 18.4. The maximum Gasteiger partial charge on any atom is 0.261 e. The van der Waals surface area contributed by atoms with Crippen molar-refractivity contribution in [3.8, 4) is 16.9 Å². The van der Waals surface area contributed by atoms with Crippen molar-refractivity contribution in [3.63, 3.8) is 0 Å². The Hall–Kier alpha value is -3.96. The summed E-state index contributed by atoms with van der Waals surface area (Å²) in [7, 11) is 0. The molecule has 0 spiro atoms. The fraction of sp³-hybridized carbons (Fsp3) is 0.0741. The normalized spacial score (nSPS) is 14.2. The van der Waals surface area contributed by atoms with Crippen LogP contribution in [0.4, 0.5) is 0 Å². The summed E-state index contributed by atoms with van der Waals surface area (Å²) < 4.78 is 3.65. The first-order valence-electron chi connectivity index (χ1n) is 10.8. The van der Waals surface area contributed by atoms with Gasteiger partial charge in [-0.1, -0.05) is 60.1 Å². The first kappa shape index (κ1) is 19.7. The monoisotopic (exact) mass is 450 g/mol. The van der Waals surface area contributed by atoms with Gasteiger partial charge in [-0.05, 0) is 48.4 Å². The SMILES string of the molecule is O=c1c2ccc(Cl)cc2nc2n1CC/C2=C\c1cn(-c2ccccc2)nc1-c1ccccc1. The molecule has 0 N–H and O–H groups in total. The molecule has 6 rings (SSSR count). The van der Waals surface area contributed by atoms with Crippen molar-refractivity contribution in [2.24, 2.45) is 0 Å². The lowest BCUT2D eigenvalue weighted by atomic mass is 10.1. The number of rotatable bonds is 3. The molecule has 2 aromatic heterocycles. The third kappa shape index (κ3) is 3.47. The summed E-state index contributed by atoms with van der Waals surface area (Å²) in [5, 5.41) is 6.05. The summed E-state index contributed by atoms with van der Waals surface area (Å²) in [6, 6.07) is 25.4. The molecule has 160 valence electrons. The fourth-order valence-electron chi connectivity index (χ4n) is 4.34. The molecule has 0 unspecified atom stereocenters. The van der Waals surface area contributed by atoms with Crippen LogP contribution in [0.5, 0.6) is 0 Å². The fourth-order valence-corrected chi connectivity index (χ4v) is 4.51. The average Bonchev–Trinajstić information content (AvgIpc) is 3.45. The minimum atomic E-state index is -0.0293. The minimum Gasteiger partial charge on any atom is -0.292 e. The summed E-state index contributed by atoms with van der Waals surface area (Å²) in [4.78, 5) is 17.8. The second-order valence-electron chi connectivity index (χ2n) is 8.05. The highest BCUT2D eigenvalue weighted by Crippen LogP contribution is 2.32. The van der Waals surface area contributed by atoms with Crippen molar-refractivity contribution in [2.45, 2.75) is 13.0 Å². The van der Waals surface area contributed by atoms with Crippen molar-refractivity contribution < 1.29 is 0 Å². The number of fused-ring (bicyclic) bond motifs is 2. The zero-order chi connectivity index (χ0) is 22.4. The molecule has 0 atom stereocenters. The topological polar surface area (TPSA) is 52.7 Å². The second kappa shape index (κ2) is 7.87. The molecule has 1 aliphatic rings. The Bertz CT molecular complexity index is 1580. The molecule has 0 saturated carbocycles. The van der Waals surface area contributed by atoms with Crippen LogP contribution in [0.2, 0.25) is 5.02 Å². The van der Waals surface area contributed by atoms with Crippen molar-refractivity contribution in [1.82, 2.24) is 19.3 Å². The highest BCUT2D eigenvalue weighted by Gasteiger charge is 2.22. The lowest BCUT2D eigenvalue weighted by molar-refractivity contribution is 0.725. The Morgan fingerprint density at radius 2 is 1.70 bits per heavy atom. The maximum absolute atomic E-state index is 13.0. The van der Waals surface area contributed by atoms with Gasteiger partial charge in [0.1, 0.15) is 5.82 Å². The third-order valence-corrected chi connectivity index (χ3v) is 6.18. The third-order valence-electron chi connectivity index (χ3n) is 5.95. The first-order valence-corrected chi connectivity index (χ1v) is 11.2. The maximum atomic E-state index is 13.0. The minimum absolute atomic E-state index is 0.0293. The molecule has 5 aromatic rings. The van der Waals surface area contributed by atoms with E-state index < -0.39 is 0 Å². The molecular weight excluding hydrogens is 432 g/mol. The number of nitrogens with zero attached hydrogens (tertiary/aromatic N) is 4. The quantitative estimate of drug-likeness (QED) is 0.346. The Balaban J connectivity index is 1.53. The van der Waals surface area contributed by atoms with Gasteiger partial charge in [-0.15, -0.1) is 0 Å². The van der Waals surface area contributed by atoms with Crippen LogP contribution >= 0.6 is 11.6 Å². The largest absolute Gasteiger partial charge is 0.292 e. The molecule has 33 heavy (non-hydrogen) atoms. The smallest absolute Gasteiger partial charge is 0.261 e. The van der Waals surface area contributed by atoms with E-state index in [4.69, 9.17) is 21.7 Å². The molecule has 6 heteroatoms. The summed E-state index contributed by atoms with van der Waals surface area (Å²) >= 11 is 6.16. The Kier molecular flexibility index (Phi) is 4.70. The molecule has 3 heterocycles. The Morgan fingerprint density at radius 3 is 2.48 bits per heavy atom. The number of aromatic nitrogens is 4. The first-order chi connectivity index (χ1) is 16.2. The summed E-state index contributed by atoms with van der Waals surface area (Å²) in [6.45, 7) is 0.610. The van der Waals surface area contributed by atoms with Crippen molar-refractivity contribution in [1.29, 1.82) is 0 Å². The summed E-state index contributed by atoms with van der Waals surface area (Å²) in [5.41, 5.74) is 5.49. The molecule has 0 bridgehead atoms. The van der Waals surface area contributed by atoms with Crippen LogP contribution in [0.25, 0.3) is 39.5 Å². The number of hydrogen-bond donors (Lipinski definition) is 0. The van der Waals surface area contributed by atoms with E-state index in [9.17, 15) is 4.79 Å². The summed E-state index contributed by atoms with van der Waals surface area (Å²) in [5.74, 6) is 0.696. The van der Waals surface area contributed by atoms with Crippen molar-refractivity contribution >= 4 is 34.2 Å². The van der Waals surface area contributed by atoms with Gasteiger partial charge >= 0.3 is 0 Å². The molecular formula is C27H19ClN4O. The second-order valence-corrected chi connectivity index (χ2v) is 8.49. The van der Waals surface area contributed by atoms with Crippen molar-refractivity contribution in [2.75, 3.05) is 0 Å². The highest BCUT2D eigenvalue weighted by molar-refractivity contribution is 6.31. The molecule has 3 aromatic carbocycles. The van der Waals surface area contributed by atoms with E-state index in [0.29, 0.717) is 28.3 Å². The molecule has 0 fully saturated rings. The van der Waals surface area contributed by atoms with Crippen LogP contribution in [0.15, 0.2) is 89.9 Å². The van der Waals surface area contributed by atoms with Crippen LogP contribution in [0, 0.1) is 0 Å². The van der Waals surface area contributed by atoms with Gasteiger partial charge in [0, 0.05) is 28.9 Å². The van der Waals surface area contributed by atoms with Crippen LogP contribution in [0.1, 0.15) is 17.8 Å². The lowest BCUT2D eigenvalue weighted by Crippen LogP contribution is -2.20. The van der Waals surface area contributed by atoms with E-state index in [-0.39, 0.29) is 5.56 Å². The van der Waals surface area contributed by atoms with Gasteiger partial charge in [-0.25, -0.2) is 9.67 Å². The molecule has 0 saturated heterocycles. The van der Waals surface area contributed by atoms with Crippen LogP contribution in [-0.2, 0) is 6.54 Å². The van der Waals surface area contributed by atoms with Crippen LogP contribution in [0.3, 0.4) is 0 Å². The molecule has 0 amide bonds.